The molecule has 0 saturated heterocycles. The van der Waals surface area contributed by atoms with E-state index in [9.17, 15) is 14.7 Å². The third-order valence-electron chi connectivity index (χ3n) is 7.67. The molecule has 0 spiro atoms. The zero-order valence-electron chi connectivity index (χ0n) is 18.1. The number of hydrogen-bond acceptors (Lipinski definition) is 6. The number of fused-ring (bicyclic) bond motifs is 1. The van der Waals surface area contributed by atoms with Gasteiger partial charge in [0.15, 0.2) is 0 Å². The number of furan rings is 1. The van der Waals surface area contributed by atoms with Gasteiger partial charge in [-0.1, -0.05) is 38.2 Å². The molecule has 1 aromatic rings. The maximum absolute atomic E-state index is 12.4. The molecule has 1 aliphatic heterocycles. The van der Waals surface area contributed by atoms with Crippen molar-refractivity contribution in [1.29, 1.82) is 0 Å². The van der Waals surface area contributed by atoms with Crippen molar-refractivity contribution in [1.82, 2.24) is 0 Å². The summed E-state index contributed by atoms with van der Waals surface area (Å²) < 4.78 is 15.8. The Bertz CT molecular complexity index is 926. The number of ether oxygens (including phenoxy) is 2. The van der Waals surface area contributed by atoms with Gasteiger partial charge in [-0.3, -0.25) is 0 Å². The molecule has 31 heavy (non-hydrogen) atoms. The second kappa shape index (κ2) is 8.15. The van der Waals surface area contributed by atoms with Gasteiger partial charge in [0.25, 0.3) is 0 Å². The van der Waals surface area contributed by atoms with Crippen LogP contribution in [0.15, 0.2) is 58.8 Å². The second-order valence-corrected chi connectivity index (χ2v) is 9.46. The van der Waals surface area contributed by atoms with Crippen LogP contribution in [-0.4, -0.2) is 36.4 Å². The van der Waals surface area contributed by atoms with Gasteiger partial charge >= 0.3 is 11.9 Å². The van der Waals surface area contributed by atoms with Crippen LogP contribution in [0.25, 0.3) is 0 Å². The van der Waals surface area contributed by atoms with Gasteiger partial charge < -0.3 is 19.0 Å². The van der Waals surface area contributed by atoms with Crippen molar-refractivity contribution < 1.29 is 28.6 Å². The van der Waals surface area contributed by atoms with Crippen LogP contribution in [0, 0.1) is 22.7 Å². The van der Waals surface area contributed by atoms with Crippen LogP contribution < -0.4 is 0 Å². The summed E-state index contributed by atoms with van der Waals surface area (Å²) in [5.41, 5.74) is 0.950. The lowest BCUT2D eigenvalue weighted by molar-refractivity contribution is -0.147. The molecule has 4 rings (SSSR count). The first-order chi connectivity index (χ1) is 14.8. The highest BCUT2D eigenvalue weighted by atomic mass is 16.5. The van der Waals surface area contributed by atoms with Crippen LogP contribution in [0.5, 0.6) is 0 Å². The summed E-state index contributed by atoms with van der Waals surface area (Å²) in [6.07, 6.45) is 9.71. The van der Waals surface area contributed by atoms with Gasteiger partial charge in [0.05, 0.1) is 24.5 Å². The lowest BCUT2D eigenvalue weighted by atomic mass is 9.46. The number of aliphatic hydroxyl groups is 1. The molecule has 0 amide bonds. The number of aliphatic hydroxyl groups excluding tert-OH is 1. The number of carbonyl (C=O) groups excluding carboxylic acids is 2. The third-order valence-corrected chi connectivity index (χ3v) is 7.67. The fraction of sp³-hybridized carbons (Fsp3) is 0.520. The first-order valence-corrected chi connectivity index (χ1v) is 10.9. The van der Waals surface area contributed by atoms with E-state index < -0.39 is 17.5 Å². The van der Waals surface area contributed by atoms with Gasteiger partial charge in [-0.25, -0.2) is 9.59 Å². The van der Waals surface area contributed by atoms with Gasteiger partial charge in [0, 0.05) is 11.3 Å². The van der Waals surface area contributed by atoms with Gasteiger partial charge in [0.2, 0.25) is 5.76 Å². The zero-order valence-corrected chi connectivity index (χ0v) is 18.1. The predicted molar refractivity (Wildman–Crippen MR) is 114 cm³/mol. The first-order valence-electron chi connectivity index (χ1n) is 10.9. The van der Waals surface area contributed by atoms with Crippen LogP contribution in [0.3, 0.4) is 0 Å². The van der Waals surface area contributed by atoms with Crippen molar-refractivity contribution in [2.45, 2.75) is 45.6 Å². The highest BCUT2D eigenvalue weighted by molar-refractivity contribution is 5.93. The highest BCUT2D eigenvalue weighted by Crippen LogP contribution is 2.61. The molecule has 0 radical (unpaired) electrons. The minimum absolute atomic E-state index is 0.0631. The van der Waals surface area contributed by atoms with E-state index in [1.165, 1.54) is 6.26 Å². The molecule has 2 saturated carbocycles. The summed E-state index contributed by atoms with van der Waals surface area (Å²) in [5, 5.41) is 11.0. The summed E-state index contributed by atoms with van der Waals surface area (Å²) in [6, 6.07) is 3.21. The molecule has 1 unspecified atom stereocenters. The van der Waals surface area contributed by atoms with E-state index in [4.69, 9.17) is 13.9 Å². The molecule has 3 aliphatic rings. The van der Waals surface area contributed by atoms with Crippen LogP contribution in [-0.2, 0) is 14.3 Å². The Labute approximate surface area is 182 Å². The predicted octanol–water partition coefficient (Wildman–Crippen LogP) is 4.23. The summed E-state index contributed by atoms with van der Waals surface area (Å²) in [6.45, 7) is 9.01. The molecule has 1 aromatic heterocycles. The number of allylic oxidation sites excluding steroid dienone is 2. The smallest absolute Gasteiger partial charge is 0.374 e. The molecule has 1 N–H and O–H groups in total. The van der Waals surface area contributed by atoms with Crippen molar-refractivity contribution in [2.24, 2.45) is 22.7 Å². The van der Waals surface area contributed by atoms with Crippen molar-refractivity contribution >= 4 is 11.9 Å². The van der Waals surface area contributed by atoms with E-state index in [-0.39, 0.29) is 35.6 Å². The number of cyclic esters (lactones) is 1. The molecule has 5 atom stereocenters. The number of carbonyl (C=O) groups is 2. The number of esters is 2. The Kier molecular flexibility index (Phi) is 5.69. The van der Waals surface area contributed by atoms with Crippen LogP contribution in [0.4, 0.5) is 0 Å². The van der Waals surface area contributed by atoms with Crippen LogP contribution in [0.2, 0.25) is 0 Å². The van der Waals surface area contributed by atoms with Crippen molar-refractivity contribution in [3.8, 4) is 0 Å². The van der Waals surface area contributed by atoms with Gasteiger partial charge in [-0.15, -0.1) is 0 Å². The summed E-state index contributed by atoms with van der Waals surface area (Å²) in [5.74, 6) is -0.473. The number of rotatable bonds is 5. The molecule has 6 heteroatoms. The average Bonchev–Trinajstić information content (AvgIpc) is 3.41. The van der Waals surface area contributed by atoms with E-state index in [0.29, 0.717) is 18.6 Å². The summed E-state index contributed by atoms with van der Waals surface area (Å²) in [4.78, 5) is 24.2. The molecular weight excluding hydrogens is 396 g/mol. The Balaban J connectivity index is 1.57. The third kappa shape index (κ3) is 3.78. The lowest BCUT2D eigenvalue weighted by Gasteiger charge is -2.59. The Morgan fingerprint density at radius 1 is 1.39 bits per heavy atom. The molecule has 0 bridgehead atoms. The monoisotopic (exact) mass is 426 g/mol. The molecular formula is C25H30O6. The van der Waals surface area contributed by atoms with E-state index in [1.54, 1.807) is 18.2 Å². The topological polar surface area (TPSA) is 86.0 Å². The first kappa shape index (κ1) is 21.6. The van der Waals surface area contributed by atoms with E-state index in [2.05, 4.69) is 19.6 Å². The molecule has 6 nitrogen and oxygen atoms in total. The molecule has 0 aromatic carbocycles. The quantitative estimate of drug-likeness (QED) is 0.560. The fourth-order valence-electron chi connectivity index (χ4n) is 5.87. The lowest BCUT2D eigenvalue weighted by Crippen LogP contribution is -2.57. The summed E-state index contributed by atoms with van der Waals surface area (Å²) in [7, 11) is 0. The van der Waals surface area contributed by atoms with Crippen LogP contribution in [0.1, 0.15) is 50.1 Å². The van der Waals surface area contributed by atoms with Gasteiger partial charge in [-0.2, -0.15) is 0 Å². The largest absolute Gasteiger partial charge is 0.459 e. The highest BCUT2D eigenvalue weighted by Gasteiger charge is 2.57. The normalized spacial score (nSPS) is 35.6. The van der Waals surface area contributed by atoms with Gasteiger partial charge in [0.1, 0.15) is 6.61 Å². The SMILES string of the molecule is C=C1CCC2[C@](C)(COC(=O)c3ccco3)[C@H](O)CC[C@@]2(C)[C@@H]1/C=C/C1=CCOC1=O. The molecule has 2 fully saturated rings. The molecule has 2 heterocycles. The van der Waals surface area contributed by atoms with E-state index >= 15 is 0 Å². The van der Waals surface area contributed by atoms with E-state index in [0.717, 1.165) is 24.8 Å². The maximum Gasteiger partial charge on any atom is 0.374 e. The zero-order chi connectivity index (χ0) is 22.2. The van der Waals surface area contributed by atoms with Crippen molar-refractivity contribution in [3.05, 3.63) is 60.1 Å². The van der Waals surface area contributed by atoms with Crippen molar-refractivity contribution in [2.75, 3.05) is 13.2 Å². The molecule has 166 valence electrons. The average molecular weight is 427 g/mol. The van der Waals surface area contributed by atoms with Crippen molar-refractivity contribution in [3.63, 3.8) is 0 Å². The second-order valence-electron chi connectivity index (χ2n) is 9.46. The Morgan fingerprint density at radius 2 is 2.19 bits per heavy atom. The standard InChI is InChI=1S/C25H30O6/c1-16-6-9-20-24(2,18(16)8-7-17-11-14-30-22(17)27)12-10-21(26)25(20,3)15-31-23(28)19-5-4-13-29-19/h4-5,7-8,11,13,18,20-21,26H,1,6,9-10,12,14-15H2,2-3H3/b8-7+/t18-,20?,21-,24+,25+/m1/s1. The molecule has 2 aliphatic carbocycles. The number of hydrogen-bond donors (Lipinski definition) is 1. The van der Waals surface area contributed by atoms with Crippen LogP contribution >= 0.6 is 0 Å². The minimum atomic E-state index is -0.590. The Hall–Kier alpha value is -2.60. The van der Waals surface area contributed by atoms with Gasteiger partial charge in [-0.05, 0) is 55.2 Å². The maximum atomic E-state index is 12.4. The minimum Gasteiger partial charge on any atom is -0.459 e. The Morgan fingerprint density at radius 3 is 2.87 bits per heavy atom. The summed E-state index contributed by atoms with van der Waals surface area (Å²) >= 11 is 0. The van der Waals surface area contributed by atoms with E-state index in [1.807, 2.05) is 13.0 Å². The fourth-order valence-corrected chi connectivity index (χ4v) is 5.87.